The monoisotopic (exact) mass is 369 g/mol. The van der Waals surface area contributed by atoms with Crippen LogP contribution in [0.15, 0.2) is 30.3 Å². The zero-order valence-corrected chi connectivity index (χ0v) is 15.6. The van der Waals surface area contributed by atoms with Gasteiger partial charge in [-0.15, -0.1) is 0 Å². The van der Waals surface area contributed by atoms with Crippen molar-refractivity contribution in [2.24, 2.45) is 0 Å². The van der Waals surface area contributed by atoms with Crippen LogP contribution in [0.1, 0.15) is 34.0 Å². The number of hydrogen-bond donors (Lipinski definition) is 3. The van der Waals surface area contributed by atoms with Gasteiger partial charge in [0, 0.05) is 32.1 Å². The lowest BCUT2D eigenvalue weighted by Crippen LogP contribution is -2.23. The molecule has 2 aromatic carbocycles. The second-order valence-electron chi connectivity index (χ2n) is 6.33. The molecule has 3 rings (SSSR count). The molecule has 0 saturated heterocycles. The molecule has 0 spiro atoms. The molecular weight excluding hydrogens is 346 g/mol. The van der Waals surface area contributed by atoms with Crippen molar-refractivity contribution in [3.05, 3.63) is 52.6 Å². The predicted molar refractivity (Wildman–Crippen MR) is 102 cm³/mol. The Hall–Kier alpha value is -3.06. The van der Waals surface area contributed by atoms with Crippen LogP contribution in [-0.2, 0) is 24.4 Å². The molecule has 0 atom stereocenters. The van der Waals surface area contributed by atoms with E-state index in [0.29, 0.717) is 29.3 Å². The van der Waals surface area contributed by atoms with Crippen LogP contribution in [0.3, 0.4) is 0 Å². The van der Waals surface area contributed by atoms with Gasteiger partial charge in [-0.2, -0.15) is 0 Å². The number of nitrogens with one attached hydrogen (secondary N) is 3. The third kappa shape index (κ3) is 4.20. The summed E-state index contributed by atoms with van der Waals surface area (Å²) in [5, 5.41) is 8.88. The van der Waals surface area contributed by atoms with Crippen molar-refractivity contribution in [3.63, 3.8) is 0 Å². The molecule has 0 saturated carbocycles. The summed E-state index contributed by atoms with van der Waals surface area (Å²) >= 11 is 0. The second-order valence-corrected chi connectivity index (χ2v) is 6.33. The van der Waals surface area contributed by atoms with E-state index in [9.17, 15) is 9.59 Å². The highest BCUT2D eigenvalue weighted by Crippen LogP contribution is 2.36. The number of amides is 2. The molecule has 1 aliphatic heterocycles. The van der Waals surface area contributed by atoms with Gasteiger partial charge in [-0.1, -0.05) is 18.2 Å². The first-order chi connectivity index (χ1) is 13.0. The highest BCUT2D eigenvalue weighted by Gasteiger charge is 2.17. The Balaban J connectivity index is 1.78. The molecule has 0 bridgehead atoms. The van der Waals surface area contributed by atoms with Gasteiger partial charge in [0.05, 0.1) is 19.9 Å². The topological polar surface area (TPSA) is 88.7 Å². The van der Waals surface area contributed by atoms with Gasteiger partial charge in [-0.25, -0.2) is 0 Å². The third-order valence-electron chi connectivity index (χ3n) is 4.41. The van der Waals surface area contributed by atoms with E-state index < -0.39 is 0 Å². The highest BCUT2D eigenvalue weighted by molar-refractivity contribution is 5.99. The van der Waals surface area contributed by atoms with E-state index >= 15 is 0 Å². The lowest BCUT2D eigenvalue weighted by molar-refractivity contribution is -0.114. The first-order valence-electron chi connectivity index (χ1n) is 8.65. The second kappa shape index (κ2) is 8.09. The third-order valence-corrected chi connectivity index (χ3v) is 4.41. The molecule has 0 aliphatic carbocycles. The number of rotatable bonds is 6. The molecule has 7 heteroatoms. The summed E-state index contributed by atoms with van der Waals surface area (Å²) in [5.74, 6) is 0.216. The molecule has 0 unspecified atom stereocenters. The van der Waals surface area contributed by atoms with Gasteiger partial charge in [0.15, 0.2) is 11.5 Å². The number of carbonyl (C=O) groups is 2. The molecule has 3 N–H and O–H groups in total. The number of fused-ring (bicyclic) bond motifs is 1. The summed E-state index contributed by atoms with van der Waals surface area (Å²) in [6.45, 7) is 3.55. The largest absolute Gasteiger partial charge is 0.493 e. The quantitative estimate of drug-likeness (QED) is 0.726. The Morgan fingerprint density at radius 3 is 2.56 bits per heavy atom. The Morgan fingerprint density at radius 2 is 1.85 bits per heavy atom. The van der Waals surface area contributed by atoms with Crippen molar-refractivity contribution in [2.75, 3.05) is 19.5 Å². The van der Waals surface area contributed by atoms with Crippen LogP contribution in [0.2, 0.25) is 0 Å². The predicted octanol–water partition coefficient (Wildman–Crippen LogP) is 2.20. The Morgan fingerprint density at radius 1 is 1.07 bits per heavy atom. The summed E-state index contributed by atoms with van der Waals surface area (Å²) in [4.78, 5) is 24.1. The van der Waals surface area contributed by atoms with Crippen LogP contribution in [0.5, 0.6) is 11.5 Å². The van der Waals surface area contributed by atoms with E-state index in [0.717, 1.165) is 18.7 Å². The lowest BCUT2D eigenvalue weighted by atomic mass is 10.1. The van der Waals surface area contributed by atoms with Crippen molar-refractivity contribution >= 4 is 17.5 Å². The van der Waals surface area contributed by atoms with E-state index in [2.05, 4.69) is 28.1 Å². The molecule has 0 radical (unpaired) electrons. The number of anilines is 1. The molecule has 7 nitrogen and oxygen atoms in total. The number of benzene rings is 2. The molecule has 0 fully saturated rings. The van der Waals surface area contributed by atoms with E-state index in [4.69, 9.17) is 9.47 Å². The minimum Gasteiger partial charge on any atom is -0.493 e. The van der Waals surface area contributed by atoms with E-state index in [1.54, 1.807) is 12.1 Å². The zero-order chi connectivity index (χ0) is 19.4. The minimum absolute atomic E-state index is 0.263. The smallest absolute Gasteiger partial charge is 0.251 e. The SMILES string of the molecule is COc1cc(C(=O)NCc2ccc3c(c2)CNC3)cc(NC(C)=O)c1OC. The van der Waals surface area contributed by atoms with Gasteiger partial charge < -0.3 is 25.4 Å². The van der Waals surface area contributed by atoms with Gasteiger partial charge in [-0.3, -0.25) is 9.59 Å². The summed E-state index contributed by atoms with van der Waals surface area (Å²) in [6, 6.07) is 9.37. The van der Waals surface area contributed by atoms with Crippen LogP contribution >= 0.6 is 0 Å². The minimum atomic E-state index is -0.264. The standard InChI is InChI=1S/C20H23N3O4/c1-12(24)23-17-7-15(8-18(26-2)19(17)27-3)20(25)22-9-13-4-5-14-10-21-11-16(14)6-13/h4-8,21H,9-11H2,1-3H3,(H,22,25)(H,23,24). The maximum absolute atomic E-state index is 12.6. The van der Waals surface area contributed by atoms with Gasteiger partial charge in [-0.05, 0) is 28.8 Å². The van der Waals surface area contributed by atoms with Crippen molar-refractivity contribution in [2.45, 2.75) is 26.6 Å². The van der Waals surface area contributed by atoms with Crippen LogP contribution < -0.4 is 25.4 Å². The zero-order valence-electron chi connectivity index (χ0n) is 15.6. The molecule has 27 heavy (non-hydrogen) atoms. The fourth-order valence-electron chi connectivity index (χ4n) is 3.12. The maximum atomic E-state index is 12.6. The summed E-state index contributed by atoms with van der Waals surface area (Å²) in [7, 11) is 2.96. The fraction of sp³-hybridized carbons (Fsp3) is 0.300. The van der Waals surface area contributed by atoms with Crippen molar-refractivity contribution < 1.29 is 19.1 Å². The molecule has 2 amide bonds. The van der Waals surface area contributed by atoms with Crippen LogP contribution in [0.25, 0.3) is 0 Å². The molecular formula is C20H23N3O4. The lowest BCUT2D eigenvalue weighted by Gasteiger charge is -2.15. The molecule has 0 aromatic heterocycles. The molecule has 1 aliphatic rings. The Kier molecular flexibility index (Phi) is 5.61. The van der Waals surface area contributed by atoms with Crippen molar-refractivity contribution in [1.82, 2.24) is 10.6 Å². The van der Waals surface area contributed by atoms with E-state index in [1.807, 2.05) is 6.07 Å². The number of carbonyl (C=O) groups excluding carboxylic acids is 2. The number of hydrogen-bond acceptors (Lipinski definition) is 5. The summed E-state index contributed by atoms with van der Waals surface area (Å²) in [5.41, 5.74) is 4.36. The number of ether oxygens (including phenoxy) is 2. The average Bonchev–Trinajstić information content (AvgIpc) is 3.12. The maximum Gasteiger partial charge on any atom is 0.251 e. The molecule has 1 heterocycles. The van der Waals surface area contributed by atoms with Gasteiger partial charge in [0.25, 0.3) is 5.91 Å². The van der Waals surface area contributed by atoms with Gasteiger partial charge >= 0.3 is 0 Å². The van der Waals surface area contributed by atoms with Crippen LogP contribution in [-0.4, -0.2) is 26.0 Å². The first-order valence-corrected chi connectivity index (χ1v) is 8.65. The normalized spacial score (nSPS) is 12.3. The first kappa shape index (κ1) is 18.7. The van der Waals surface area contributed by atoms with E-state index in [1.165, 1.54) is 32.3 Å². The summed E-state index contributed by atoms with van der Waals surface area (Å²) in [6.07, 6.45) is 0. The average molecular weight is 369 g/mol. The molecule has 2 aromatic rings. The van der Waals surface area contributed by atoms with Gasteiger partial charge in [0.1, 0.15) is 0 Å². The molecule has 142 valence electrons. The fourth-order valence-corrected chi connectivity index (χ4v) is 3.12. The van der Waals surface area contributed by atoms with Crippen LogP contribution in [0, 0.1) is 0 Å². The van der Waals surface area contributed by atoms with E-state index in [-0.39, 0.29) is 11.8 Å². The number of methoxy groups -OCH3 is 2. The Labute approximate surface area is 158 Å². The highest BCUT2D eigenvalue weighted by atomic mass is 16.5. The Bertz CT molecular complexity index is 880. The van der Waals surface area contributed by atoms with Crippen LogP contribution in [0.4, 0.5) is 5.69 Å². The summed E-state index contributed by atoms with van der Waals surface area (Å²) < 4.78 is 10.6. The van der Waals surface area contributed by atoms with Gasteiger partial charge in [0.2, 0.25) is 5.91 Å². The van der Waals surface area contributed by atoms with Crippen molar-refractivity contribution in [1.29, 1.82) is 0 Å². The van der Waals surface area contributed by atoms with Crippen molar-refractivity contribution in [3.8, 4) is 11.5 Å².